The summed E-state index contributed by atoms with van der Waals surface area (Å²) in [5, 5.41) is 5.32. The molecule has 0 unspecified atom stereocenters. The third kappa shape index (κ3) is 4.82. The van der Waals surface area contributed by atoms with Gasteiger partial charge < -0.3 is 4.90 Å². The fourth-order valence-electron chi connectivity index (χ4n) is 8.33. The topological polar surface area (TPSA) is 3.24 Å². The molecule has 0 aliphatic heterocycles. The maximum Gasteiger partial charge on any atom is 0.0462 e. The van der Waals surface area contributed by atoms with E-state index < -0.39 is 0 Å². The van der Waals surface area contributed by atoms with Crippen LogP contribution in [0.2, 0.25) is 0 Å². The van der Waals surface area contributed by atoms with Crippen molar-refractivity contribution < 1.29 is 0 Å². The van der Waals surface area contributed by atoms with Crippen molar-refractivity contribution in [2.24, 2.45) is 0 Å². The maximum atomic E-state index is 2.40. The fraction of sp³-hybridized carbons (Fsp3) is 0.0612. The molecule has 0 radical (unpaired) electrons. The summed E-state index contributed by atoms with van der Waals surface area (Å²) in [6.07, 6.45) is 0. The number of para-hydroxylation sites is 1. The number of fused-ring (bicyclic) bond motifs is 8. The van der Waals surface area contributed by atoms with Crippen molar-refractivity contribution in [2.75, 3.05) is 4.90 Å². The van der Waals surface area contributed by atoms with Crippen LogP contribution < -0.4 is 4.90 Å². The number of hydrogen-bond acceptors (Lipinski definition) is 2. The van der Waals surface area contributed by atoms with E-state index in [0.717, 1.165) is 17.1 Å². The van der Waals surface area contributed by atoms with Crippen molar-refractivity contribution in [1.82, 2.24) is 0 Å². The number of rotatable bonds is 5. The quantitative estimate of drug-likeness (QED) is 0.176. The van der Waals surface area contributed by atoms with Gasteiger partial charge in [0.15, 0.2) is 0 Å². The second-order valence-electron chi connectivity index (χ2n) is 14.2. The summed E-state index contributed by atoms with van der Waals surface area (Å²) in [4.78, 5) is 2.34. The molecule has 1 aliphatic carbocycles. The molecule has 9 aromatic rings. The molecule has 0 amide bonds. The van der Waals surface area contributed by atoms with E-state index in [9.17, 15) is 0 Å². The first-order chi connectivity index (χ1) is 25.0. The Morgan fingerprint density at radius 3 is 1.73 bits per heavy atom. The van der Waals surface area contributed by atoms with Crippen molar-refractivity contribution in [3.05, 3.63) is 187 Å². The molecule has 10 rings (SSSR count). The lowest BCUT2D eigenvalue weighted by Gasteiger charge is -2.26. The summed E-state index contributed by atoms with van der Waals surface area (Å²) in [5.74, 6) is 0. The van der Waals surface area contributed by atoms with Gasteiger partial charge in [0.2, 0.25) is 0 Å². The molecule has 0 spiro atoms. The largest absolute Gasteiger partial charge is 0.311 e. The Labute approximate surface area is 302 Å². The van der Waals surface area contributed by atoms with Gasteiger partial charge in [0, 0.05) is 42.6 Å². The standard InChI is InChI=1S/C49H35NS/c1-49(2)45-28-21-35(30-43(45)42-27-20-34-10-6-7-13-40(34)48(42)49)32-16-23-38(24-17-32)50(37-11-4-3-5-12-37)39-25-18-33(19-26-39)36-22-29-47-44(31-36)41-14-8-9-15-46(41)51-47/h3-31H,1-2H3. The fourth-order valence-corrected chi connectivity index (χ4v) is 9.42. The van der Waals surface area contributed by atoms with Gasteiger partial charge in [0.05, 0.1) is 0 Å². The van der Waals surface area contributed by atoms with Gasteiger partial charge in [-0.2, -0.15) is 0 Å². The zero-order valence-electron chi connectivity index (χ0n) is 28.6. The van der Waals surface area contributed by atoms with Crippen LogP contribution >= 0.6 is 11.3 Å². The number of thiophene rings is 1. The predicted octanol–water partition coefficient (Wildman–Crippen LogP) is 14.3. The Morgan fingerprint density at radius 2 is 0.980 bits per heavy atom. The summed E-state index contributed by atoms with van der Waals surface area (Å²) >= 11 is 1.86. The van der Waals surface area contributed by atoms with Crippen molar-refractivity contribution in [3.8, 4) is 33.4 Å². The van der Waals surface area contributed by atoms with E-state index in [2.05, 4.69) is 195 Å². The molecule has 8 aromatic carbocycles. The van der Waals surface area contributed by atoms with Gasteiger partial charge >= 0.3 is 0 Å². The van der Waals surface area contributed by atoms with E-state index in [1.807, 2.05) is 11.3 Å². The van der Waals surface area contributed by atoms with Crippen molar-refractivity contribution in [3.63, 3.8) is 0 Å². The molecule has 1 heterocycles. The summed E-state index contributed by atoms with van der Waals surface area (Å²) in [6.45, 7) is 4.74. The van der Waals surface area contributed by atoms with Gasteiger partial charge in [-0.25, -0.2) is 0 Å². The summed E-state index contributed by atoms with van der Waals surface area (Å²) in [7, 11) is 0. The van der Waals surface area contributed by atoms with E-state index in [4.69, 9.17) is 0 Å². The summed E-state index contributed by atoms with van der Waals surface area (Å²) < 4.78 is 2.67. The molecular weight excluding hydrogens is 635 g/mol. The molecule has 1 nitrogen and oxygen atoms in total. The Bertz CT molecular complexity index is 2750. The molecule has 1 aliphatic rings. The van der Waals surface area contributed by atoms with Crippen molar-refractivity contribution in [1.29, 1.82) is 0 Å². The van der Waals surface area contributed by atoms with E-state index in [-0.39, 0.29) is 5.41 Å². The zero-order valence-corrected chi connectivity index (χ0v) is 29.4. The Balaban J connectivity index is 0.997. The molecule has 0 saturated carbocycles. The smallest absolute Gasteiger partial charge is 0.0462 e. The van der Waals surface area contributed by atoms with E-state index >= 15 is 0 Å². The van der Waals surface area contributed by atoms with E-state index in [1.165, 1.54) is 75.5 Å². The number of benzene rings is 8. The summed E-state index contributed by atoms with van der Waals surface area (Å²) in [6, 6.07) is 64.7. The second-order valence-corrected chi connectivity index (χ2v) is 15.3. The van der Waals surface area contributed by atoms with Gasteiger partial charge in [-0.05, 0) is 116 Å². The zero-order chi connectivity index (χ0) is 34.1. The van der Waals surface area contributed by atoms with Crippen LogP contribution in [0.3, 0.4) is 0 Å². The predicted molar refractivity (Wildman–Crippen MR) is 220 cm³/mol. The molecule has 0 N–H and O–H groups in total. The average Bonchev–Trinajstić information content (AvgIpc) is 3.67. The lowest BCUT2D eigenvalue weighted by molar-refractivity contribution is 0.666. The van der Waals surface area contributed by atoms with Crippen LogP contribution in [0.1, 0.15) is 25.0 Å². The average molecular weight is 670 g/mol. The molecule has 0 saturated heterocycles. The SMILES string of the molecule is CC1(C)c2ccc(-c3ccc(N(c4ccccc4)c4ccc(-c5ccc6sc7ccccc7c6c5)cc4)cc3)cc2-c2ccc3ccccc3c21. The monoisotopic (exact) mass is 669 g/mol. The van der Waals surface area contributed by atoms with Gasteiger partial charge in [0.25, 0.3) is 0 Å². The molecule has 0 bridgehead atoms. The van der Waals surface area contributed by atoms with Crippen LogP contribution in [-0.4, -0.2) is 0 Å². The highest BCUT2D eigenvalue weighted by Gasteiger charge is 2.36. The van der Waals surface area contributed by atoms with Crippen LogP contribution in [0.15, 0.2) is 176 Å². The van der Waals surface area contributed by atoms with Crippen LogP contribution in [0.4, 0.5) is 17.1 Å². The Kier molecular flexibility index (Phi) is 6.78. The first kappa shape index (κ1) is 29.9. The number of nitrogens with zero attached hydrogens (tertiary/aromatic N) is 1. The first-order valence-corrected chi connectivity index (χ1v) is 18.5. The minimum absolute atomic E-state index is 0.0509. The highest BCUT2D eigenvalue weighted by Crippen LogP contribution is 2.52. The lowest BCUT2D eigenvalue weighted by Crippen LogP contribution is -2.15. The van der Waals surface area contributed by atoms with Crippen molar-refractivity contribution in [2.45, 2.75) is 19.3 Å². The third-order valence-electron chi connectivity index (χ3n) is 10.8. The third-order valence-corrected chi connectivity index (χ3v) is 12.0. The Morgan fingerprint density at radius 1 is 0.412 bits per heavy atom. The van der Waals surface area contributed by atoms with Crippen molar-refractivity contribution >= 4 is 59.3 Å². The van der Waals surface area contributed by atoms with Crippen LogP contribution in [0.25, 0.3) is 64.3 Å². The number of hydrogen-bond donors (Lipinski definition) is 0. The molecule has 51 heavy (non-hydrogen) atoms. The van der Waals surface area contributed by atoms with Gasteiger partial charge in [0.1, 0.15) is 0 Å². The van der Waals surface area contributed by atoms with Gasteiger partial charge in [-0.15, -0.1) is 11.3 Å². The maximum absolute atomic E-state index is 2.40. The van der Waals surface area contributed by atoms with Gasteiger partial charge in [-0.1, -0.05) is 129 Å². The summed E-state index contributed by atoms with van der Waals surface area (Å²) in [5.41, 5.74) is 13.8. The molecule has 242 valence electrons. The molecule has 0 atom stereocenters. The van der Waals surface area contributed by atoms with Crippen LogP contribution in [-0.2, 0) is 5.41 Å². The van der Waals surface area contributed by atoms with Crippen LogP contribution in [0, 0.1) is 0 Å². The van der Waals surface area contributed by atoms with E-state index in [1.54, 1.807) is 0 Å². The minimum Gasteiger partial charge on any atom is -0.311 e. The molecule has 2 heteroatoms. The first-order valence-electron chi connectivity index (χ1n) is 17.7. The van der Waals surface area contributed by atoms with E-state index in [0.29, 0.717) is 0 Å². The molecular formula is C49H35NS. The van der Waals surface area contributed by atoms with Gasteiger partial charge in [-0.3, -0.25) is 0 Å². The lowest BCUT2D eigenvalue weighted by atomic mass is 9.80. The molecule has 0 fully saturated rings. The molecule has 1 aromatic heterocycles. The Hall–Kier alpha value is -5.96. The highest BCUT2D eigenvalue weighted by atomic mass is 32.1. The minimum atomic E-state index is -0.0509. The van der Waals surface area contributed by atoms with Crippen LogP contribution in [0.5, 0.6) is 0 Å². The number of anilines is 3. The highest BCUT2D eigenvalue weighted by molar-refractivity contribution is 7.25. The second kappa shape index (κ2) is 11.6. The normalized spacial score (nSPS) is 13.1.